The van der Waals surface area contributed by atoms with Gasteiger partial charge in [-0.15, -0.1) is 0 Å². The van der Waals surface area contributed by atoms with Crippen molar-refractivity contribution in [2.75, 3.05) is 0 Å². The van der Waals surface area contributed by atoms with Gasteiger partial charge in [0.15, 0.2) is 0 Å². The minimum Gasteiger partial charge on any atom is -0.207 e. The SMILES string of the molecule is CC(C)Cc1ccc(C(Br)c2ccc(F)cc2)cc1. The van der Waals surface area contributed by atoms with E-state index in [2.05, 4.69) is 54.0 Å². The Balaban J connectivity index is 2.15. The Bertz CT molecular complexity index is 514. The molecule has 0 N–H and O–H groups in total. The van der Waals surface area contributed by atoms with Gasteiger partial charge in [-0.3, -0.25) is 0 Å². The molecule has 0 aromatic heterocycles. The van der Waals surface area contributed by atoms with Crippen molar-refractivity contribution in [3.05, 3.63) is 71.0 Å². The van der Waals surface area contributed by atoms with Crippen LogP contribution in [0.4, 0.5) is 4.39 Å². The normalized spacial score (nSPS) is 12.7. The van der Waals surface area contributed by atoms with Crippen LogP contribution in [-0.4, -0.2) is 0 Å². The average molecular weight is 321 g/mol. The van der Waals surface area contributed by atoms with Gasteiger partial charge in [0.2, 0.25) is 0 Å². The predicted molar refractivity (Wildman–Crippen MR) is 82.2 cm³/mol. The third kappa shape index (κ3) is 3.90. The molecule has 0 spiro atoms. The molecule has 1 unspecified atom stereocenters. The van der Waals surface area contributed by atoms with Crippen molar-refractivity contribution in [1.82, 2.24) is 0 Å². The highest BCUT2D eigenvalue weighted by molar-refractivity contribution is 9.09. The third-order valence-electron chi connectivity index (χ3n) is 3.08. The molecule has 1 atom stereocenters. The van der Waals surface area contributed by atoms with Crippen molar-refractivity contribution in [2.24, 2.45) is 5.92 Å². The molecule has 19 heavy (non-hydrogen) atoms. The fraction of sp³-hybridized carbons (Fsp3) is 0.294. The molecule has 100 valence electrons. The van der Waals surface area contributed by atoms with E-state index in [1.807, 2.05) is 12.1 Å². The molecule has 0 heterocycles. The smallest absolute Gasteiger partial charge is 0.123 e. The molecular weight excluding hydrogens is 303 g/mol. The van der Waals surface area contributed by atoms with Crippen LogP contribution in [0.15, 0.2) is 48.5 Å². The van der Waals surface area contributed by atoms with E-state index in [1.54, 1.807) is 0 Å². The zero-order chi connectivity index (χ0) is 13.8. The van der Waals surface area contributed by atoms with Crippen LogP contribution in [0.3, 0.4) is 0 Å². The second-order valence-corrected chi connectivity index (χ2v) is 6.17. The van der Waals surface area contributed by atoms with Crippen molar-refractivity contribution >= 4 is 15.9 Å². The van der Waals surface area contributed by atoms with Gasteiger partial charge in [0, 0.05) is 0 Å². The quantitative estimate of drug-likeness (QED) is 0.652. The van der Waals surface area contributed by atoms with E-state index in [-0.39, 0.29) is 10.6 Å². The van der Waals surface area contributed by atoms with Gasteiger partial charge in [-0.1, -0.05) is 66.2 Å². The summed E-state index contributed by atoms with van der Waals surface area (Å²) in [4.78, 5) is 0.112. The Morgan fingerprint density at radius 2 is 1.37 bits per heavy atom. The van der Waals surface area contributed by atoms with E-state index in [4.69, 9.17) is 0 Å². The van der Waals surface area contributed by atoms with Crippen LogP contribution in [0.25, 0.3) is 0 Å². The lowest BCUT2D eigenvalue weighted by molar-refractivity contribution is 0.627. The lowest BCUT2D eigenvalue weighted by Gasteiger charge is -2.12. The maximum atomic E-state index is 12.9. The van der Waals surface area contributed by atoms with Crippen molar-refractivity contribution < 1.29 is 4.39 Å². The molecule has 0 bridgehead atoms. The maximum Gasteiger partial charge on any atom is 0.123 e. The fourth-order valence-electron chi connectivity index (χ4n) is 2.12. The van der Waals surface area contributed by atoms with Crippen LogP contribution in [0.2, 0.25) is 0 Å². The summed E-state index contributed by atoms with van der Waals surface area (Å²) in [6.45, 7) is 4.44. The number of halogens is 2. The number of benzene rings is 2. The van der Waals surface area contributed by atoms with Gasteiger partial charge in [0.1, 0.15) is 5.82 Å². The van der Waals surface area contributed by atoms with Gasteiger partial charge in [-0.05, 0) is 41.2 Å². The molecule has 0 fully saturated rings. The summed E-state index contributed by atoms with van der Waals surface area (Å²) in [5, 5.41) is 0. The van der Waals surface area contributed by atoms with Gasteiger partial charge in [0.05, 0.1) is 4.83 Å². The van der Waals surface area contributed by atoms with E-state index in [1.165, 1.54) is 23.3 Å². The second-order valence-electron chi connectivity index (χ2n) is 5.25. The lowest BCUT2D eigenvalue weighted by Crippen LogP contribution is -1.96. The molecule has 0 radical (unpaired) electrons. The minimum absolute atomic E-state index is 0.112. The number of rotatable bonds is 4. The maximum absolute atomic E-state index is 12.9. The van der Waals surface area contributed by atoms with Gasteiger partial charge in [0.25, 0.3) is 0 Å². The molecule has 0 aliphatic heterocycles. The van der Waals surface area contributed by atoms with Crippen LogP contribution in [-0.2, 0) is 6.42 Å². The number of hydrogen-bond donors (Lipinski definition) is 0. The first-order valence-electron chi connectivity index (χ1n) is 6.54. The fourth-order valence-corrected chi connectivity index (χ4v) is 2.73. The molecule has 0 saturated heterocycles. The van der Waals surface area contributed by atoms with Crippen LogP contribution in [0, 0.1) is 11.7 Å². The van der Waals surface area contributed by atoms with Crippen LogP contribution in [0.1, 0.15) is 35.4 Å². The molecule has 2 aromatic rings. The van der Waals surface area contributed by atoms with Crippen molar-refractivity contribution in [3.63, 3.8) is 0 Å². The zero-order valence-corrected chi connectivity index (χ0v) is 12.8. The Kier molecular flexibility index (Phi) is 4.76. The Labute approximate surface area is 122 Å². The molecule has 2 aromatic carbocycles. The van der Waals surface area contributed by atoms with Crippen molar-refractivity contribution in [2.45, 2.75) is 25.1 Å². The Morgan fingerprint density at radius 1 is 0.895 bits per heavy atom. The average Bonchev–Trinajstić information content (AvgIpc) is 2.39. The van der Waals surface area contributed by atoms with Crippen LogP contribution in [0.5, 0.6) is 0 Å². The molecule has 0 nitrogen and oxygen atoms in total. The lowest BCUT2D eigenvalue weighted by atomic mass is 9.99. The monoisotopic (exact) mass is 320 g/mol. The topological polar surface area (TPSA) is 0 Å². The molecule has 0 aliphatic carbocycles. The second kappa shape index (κ2) is 6.33. The van der Waals surface area contributed by atoms with Gasteiger partial charge >= 0.3 is 0 Å². The molecule has 2 heteroatoms. The molecular formula is C17H18BrF. The summed E-state index contributed by atoms with van der Waals surface area (Å²) >= 11 is 3.67. The van der Waals surface area contributed by atoms with E-state index in [0.717, 1.165) is 12.0 Å². The molecule has 0 saturated carbocycles. The first-order valence-corrected chi connectivity index (χ1v) is 7.46. The van der Waals surface area contributed by atoms with Crippen molar-refractivity contribution in [3.8, 4) is 0 Å². The standard InChI is InChI=1S/C17H18BrF/c1-12(2)11-13-3-5-14(6-4-13)17(18)15-7-9-16(19)10-8-15/h3-10,12,17H,11H2,1-2H3. The Morgan fingerprint density at radius 3 is 1.84 bits per heavy atom. The summed E-state index contributed by atoms with van der Waals surface area (Å²) in [5.74, 6) is 0.471. The van der Waals surface area contributed by atoms with E-state index >= 15 is 0 Å². The highest BCUT2D eigenvalue weighted by atomic mass is 79.9. The van der Waals surface area contributed by atoms with Gasteiger partial charge in [-0.2, -0.15) is 0 Å². The third-order valence-corrected chi connectivity index (χ3v) is 4.14. The number of alkyl halides is 1. The predicted octanol–water partition coefficient (Wildman–Crippen LogP) is 5.51. The summed E-state index contributed by atoms with van der Waals surface area (Å²) in [7, 11) is 0. The molecule has 0 aliphatic rings. The highest BCUT2D eigenvalue weighted by Gasteiger charge is 2.10. The van der Waals surface area contributed by atoms with E-state index in [0.29, 0.717) is 5.92 Å². The largest absolute Gasteiger partial charge is 0.207 e. The van der Waals surface area contributed by atoms with Crippen LogP contribution >= 0.6 is 15.9 Å². The van der Waals surface area contributed by atoms with E-state index in [9.17, 15) is 4.39 Å². The summed E-state index contributed by atoms with van der Waals surface area (Å²) in [6.07, 6.45) is 1.10. The van der Waals surface area contributed by atoms with E-state index < -0.39 is 0 Å². The highest BCUT2D eigenvalue weighted by Crippen LogP contribution is 2.31. The first kappa shape index (κ1) is 14.3. The molecule has 2 rings (SSSR count). The van der Waals surface area contributed by atoms with Gasteiger partial charge < -0.3 is 0 Å². The summed E-state index contributed by atoms with van der Waals surface area (Å²) in [5.41, 5.74) is 3.62. The number of hydrogen-bond acceptors (Lipinski definition) is 0. The van der Waals surface area contributed by atoms with Crippen molar-refractivity contribution in [1.29, 1.82) is 0 Å². The first-order chi connectivity index (χ1) is 9.06. The summed E-state index contributed by atoms with van der Waals surface area (Å²) < 4.78 is 12.9. The minimum atomic E-state index is -0.198. The van der Waals surface area contributed by atoms with Crippen LogP contribution < -0.4 is 0 Å². The summed E-state index contributed by atoms with van der Waals surface area (Å²) in [6, 6.07) is 15.3. The Hall–Kier alpha value is -1.15. The zero-order valence-electron chi connectivity index (χ0n) is 11.2. The van der Waals surface area contributed by atoms with Gasteiger partial charge in [-0.25, -0.2) is 4.39 Å². The molecule has 0 amide bonds.